The zero-order valence-electron chi connectivity index (χ0n) is 45.6. The summed E-state index contributed by atoms with van der Waals surface area (Å²) < 4.78 is 9.10. The summed E-state index contributed by atoms with van der Waals surface area (Å²) in [6.45, 7) is 27.3. The molecule has 0 N–H and O–H groups in total. The number of nitrogens with zero attached hydrogens (tertiary/aromatic N) is 4. The topological polar surface area (TPSA) is 33.5 Å². The second-order valence-electron chi connectivity index (χ2n) is 23.0. The molecule has 0 amide bonds. The summed E-state index contributed by atoms with van der Waals surface area (Å²) in [5.74, 6) is 2.74. The van der Waals surface area contributed by atoms with Crippen LogP contribution in [-0.4, -0.2) is 9.55 Å². The predicted molar refractivity (Wildman–Crippen MR) is 314 cm³/mol. The van der Waals surface area contributed by atoms with Gasteiger partial charge in [0, 0.05) is 72.2 Å². The number of hydrogen-bond donors (Lipinski definition) is 0. The van der Waals surface area contributed by atoms with Crippen LogP contribution >= 0.6 is 0 Å². The Balaban J connectivity index is 0.00000657. The van der Waals surface area contributed by atoms with E-state index in [0.717, 1.165) is 50.4 Å². The van der Waals surface area contributed by atoms with Crippen LogP contribution in [0, 0.1) is 18.8 Å². The van der Waals surface area contributed by atoms with E-state index in [2.05, 4.69) is 279 Å². The molecule has 8 aromatic carbocycles. The fourth-order valence-corrected chi connectivity index (χ4v) is 11.1. The van der Waals surface area contributed by atoms with Crippen molar-refractivity contribution in [2.75, 3.05) is 9.80 Å². The van der Waals surface area contributed by atoms with Gasteiger partial charge in [-0.2, -0.15) is 12.1 Å². The first-order chi connectivity index (χ1) is 36.0. The molecule has 6 heteroatoms. The van der Waals surface area contributed by atoms with Gasteiger partial charge in [-0.1, -0.05) is 191 Å². The average Bonchev–Trinajstić information content (AvgIpc) is 4.00. The van der Waals surface area contributed by atoms with Crippen molar-refractivity contribution < 1.29 is 25.8 Å². The van der Waals surface area contributed by atoms with Crippen molar-refractivity contribution in [1.29, 1.82) is 0 Å². The molecule has 0 fully saturated rings. The van der Waals surface area contributed by atoms with Gasteiger partial charge in [0.25, 0.3) is 0 Å². The first-order valence-corrected chi connectivity index (χ1v) is 26.6. The number of pyridine rings is 1. The standard InChI is InChI=1S/C70H67N4O.Pt/c1-46(2)58-29-20-30-59(47(3)4)67(58)48-31-35-63-65(39-48)73(45-72(63)54-26-18-25-52(40-54)69(8,9)49-21-14-12-15-22-49)55-27-19-28-56(43-55)75-57-33-34-60-61-41-53(70(10,11)50-23-16-13-17-24-50)32-36-62(61)74(64(60)44-57)66-42-51(37-38-71-66)68(5,6)7;/h12-42,45-47H,1-11H3;/q-3;. The fourth-order valence-electron chi connectivity index (χ4n) is 11.1. The Morgan fingerprint density at radius 3 is 1.78 bits per heavy atom. The van der Waals surface area contributed by atoms with Gasteiger partial charge >= 0.3 is 0 Å². The third kappa shape index (κ3) is 9.57. The Morgan fingerprint density at radius 1 is 0.500 bits per heavy atom. The zero-order valence-corrected chi connectivity index (χ0v) is 47.9. The number of benzene rings is 8. The molecule has 3 heterocycles. The molecule has 0 saturated heterocycles. The van der Waals surface area contributed by atoms with Crippen LogP contribution < -0.4 is 14.5 Å². The van der Waals surface area contributed by atoms with Crippen LogP contribution in [0.4, 0.5) is 22.7 Å². The maximum Gasteiger partial charge on any atom is 0.135 e. The van der Waals surface area contributed by atoms with E-state index >= 15 is 0 Å². The largest absolute Gasteiger partial charge is 0.509 e. The molecule has 76 heavy (non-hydrogen) atoms. The third-order valence-electron chi connectivity index (χ3n) is 15.7. The van der Waals surface area contributed by atoms with Crippen LogP contribution in [0.2, 0.25) is 0 Å². The number of aromatic nitrogens is 2. The molecule has 0 radical (unpaired) electrons. The van der Waals surface area contributed by atoms with Crippen molar-refractivity contribution in [1.82, 2.24) is 9.55 Å². The molecule has 0 saturated carbocycles. The first-order valence-electron chi connectivity index (χ1n) is 26.6. The Hall–Kier alpha value is -7.20. The van der Waals surface area contributed by atoms with Crippen molar-refractivity contribution in [3.8, 4) is 28.4 Å². The normalized spacial score (nSPS) is 13.0. The van der Waals surface area contributed by atoms with Crippen LogP contribution in [0.1, 0.15) is 127 Å². The summed E-state index contributed by atoms with van der Waals surface area (Å²) in [6, 6.07) is 73.3. The number of anilines is 4. The summed E-state index contributed by atoms with van der Waals surface area (Å²) in [5.41, 5.74) is 17.0. The summed E-state index contributed by atoms with van der Waals surface area (Å²) in [5, 5.41) is 2.22. The molecule has 11 rings (SSSR count). The molecule has 5 nitrogen and oxygen atoms in total. The zero-order chi connectivity index (χ0) is 52.4. The molecule has 10 aromatic rings. The van der Waals surface area contributed by atoms with Gasteiger partial charge in [-0.3, -0.25) is 0 Å². The minimum atomic E-state index is -0.216. The molecule has 0 atom stereocenters. The van der Waals surface area contributed by atoms with Gasteiger partial charge in [-0.25, -0.2) is 4.98 Å². The quantitative estimate of drug-likeness (QED) is 0.114. The fraction of sp³-hybridized carbons (Fsp3) is 0.229. The molecule has 0 bridgehead atoms. The van der Waals surface area contributed by atoms with E-state index in [1.807, 2.05) is 18.3 Å². The number of hydrogen-bond acceptors (Lipinski definition) is 4. The molecular formula is C70H67N4OPt-3. The molecule has 2 aromatic heterocycles. The molecule has 1 aliphatic heterocycles. The van der Waals surface area contributed by atoms with E-state index in [4.69, 9.17) is 9.72 Å². The van der Waals surface area contributed by atoms with Gasteiger partial charge in [0.2, 0.25) is 0 Å². The molecule has 0 unspecified atom stereocenters. The molecule has 0 aliphatic carbocycles. The second kappa shape index (κ2) is 20.4. The van der Waals surface area contributed by atoms with E-state index in [1.165, 1.54) is 50.1 Å². The number of rotatable bonds is 12. The van der Waals surface area contributed by atoms with Crippen molar-refractivity contribution in [3.05, 3.63) is 246 Å². The molecule has 0 spiro atoms. The number of ether oxygens (including phenoxy) is 1. The van der Waals surface area contributed by atoms with E-state index < -0.39 is 0 Å². The Morgan fingerprint density at radius 2 is 1.12 bits per heavy atom. The van der Waals surface area contributed by atoms with Crippen LogP contribution in [0.3, 0.4) is 0 Å². The van der Waals surface area contributed by atoms with Gasteiger partial charge in [0.1, 0.15) is 5.82 Å². The van der Waals surface area contributed by atoms with Crippen molar-refractivity contribution in [3.63, 3.8) is 0 Å². The van der Waals surface area contributed by atoms with Crippen LogP contribution in [0.25, 0.3) is 38.8 Å². The summed E-state index contributed by atoms with van der Waals surface area (Å²) in [4.78, 5) is 9.58. The van der Waals surface area contributed by atoms with Crippen molar-refractivity contribution in [2.45, 2.75) is 104 Å². The van der Waals surface area contributed by atoms with Gasteiger partial charge in [0.05, 0.1) is 0 Å². The molecular weight excluding hydrogens is 1110 g/mol. The summed E-state index contributed by atoms with van der Waals surface area (Å²) >= 11 is 0. The van der Waals surface area contributed by atoms with Crippen molar-refractivity contribution >= 4 is 44.6 Å². The maximum absolute atomic E-state index is 6.86. The Labute approximate surface area is 465 Å². The number of fused-ring (bicyclic) bond motifs is 4. The Bertz CT molecular complexity index is 3710. The molecule has 1 aliphatic rings. The predicted octanol–water partition coefficient (Wildman–Crippen LogP) is 18.8. The summed E-state index contributed by atoms with van der Waals surface area (Å²) in [6.07, 6.45) is 1.92. The smallest absolute Gasteiger partial charge is 0.135 e. The molecule has 386 valence electrons. The monoisotopic (exact) mass is 1170 g/mol. The first kappa shape index (κ1) is 52.2. The van der Waals surface area contributed by atoms with E-state index in [9.17, 15) is 0 Å². The van der Waals surface area contributed by atoms with E-state index in [0.29, 0.717) is 23.3 Å². The van der Waals surface area contributed by atoms with Gasteiger partial charge in [0.15, 0.2) is 0 Å². The van der Waals surface area contributed by atoms with E-state index in [-0.39, 0.29) is 37.3 Å². The van der Waals surface area contributed by atoms with Crippen LogP contribution in [0.15, 0.2) is 188 Å². The van der Waals surface area contributed by atoms with E-state index in [1.54, 1.807) is 0 Å². The second-order valence-corrected chi connectivity index (χ2v) is 23.0. The summed E-state index contributed by atoms with van der Waals surface area (Å²) in [7, 11) is 0. The average molecular weight is 1180 g/mol. The third-order valence-corrected chi connectivity index (χ3v) is 15.7. The minimum absolute atomic E-state index is 0. The SMILES string of the molecule is CC(C)c1cccc(C(C)C)c1-c1ccc2c(c1)N(c1[c-]c(Oc3[c-]c4c(cc3)c3cc(C(C)(C)c5ccccc5)ccc3n4-c3cc(C(C)(C)C)ccn3)ccc1)[CH-]N2c1cccc(C(C)(C)c2ccccc2)c1.[Pt]. The van der Waals surface area contributed by atoms with Gasteiger partial charge < -0.3 is 19.1 Å². The Kier molecular flexibility index (Phi) is 14.0. The van der Waals surface area contributed by atoms with Crippen molar-refractivity contribution in [2.24, 2.45) is 0 Å². The van der Waals surface area contributed by atoms with Crippen LogP contribution in [-0.2, 0) is 37.3 Å². The maximum atomic E-state index is 6.86. The minimum Gasteiger partial charge on any atom is -0.509 e. The van der Waals surface area contributed by atoms with Gasteiger partial charge in [-0.05, 0) is 115 Å². The van der Waals surface area contributed by atoms with Gasteiger partial charge in [-0.15, -0.1) is 48.1 Å². The van der Waals surface area contributed by atoms with Crippen LogP contribution in [0.5, 0.6) is 11.5 Å².